The van der Waals surface area contributed by atoms with Crippen molar-refractivity contribution in [2.75, 3.05) is 13.7 Å². The van der Waals surface area contributed by atoms with Crippen LogP contribution >= 0.6 is 24.0 Å². The Morgan fingerprint density at radius 1 is 1.28 bits per heavy atom. The molecule has 0 unspecified atom stereocenters. The highest BCUT2D eigenvalue weighted by molar-refractivity contribution is 14.0. The number of nitrogens with zero attached hydrogens (tertiary/aromatic N) is 4. The molecule has 0 atom stereocenters. The van der Waals surface area contributed by atoms with Crippen molar-refractivity contribution in [3.63, 3.8) is 0 Å². The van der Waals surface area contributed by atoms with Gasteiger partial charge in [0.1, 0.15) is 17.9 Å². The highest BCUT2D eigenvalue weighted by atomic mass is 127. The van der Waals surface area contributed by atoms with E-state index in [1.54, 1.807) is 11.7 Å². The van der Waals surface area contributed by atoms with Gasteiger partial charge in [0.05, 0.1) is 13.2 Å². The first kappa shape index (κ1) is 21.2. The Hall–Kier alpha value is -1.84. The molecule has 2 aromatic rings. The van der Waals surface area contributed by atoms with Crippen molar-refractivity contribution in [1.29, 1.82) is 0 Å². The van der Waals surface area contributed by atoms with Gasteiger partial charge in [0.15, 0.2) is 5.96 Å². The molecule has 0 saturated carbocycles. The number of halogens is 1. The van der Waals surface area contributed by atoms with Crippen LogP contribution in [0.5, 0.6) is 5.75 Å². The van der Waals surface area contributed by atoms with Gasteiger partial charge in [0.2, 0.25) is 0 Å². The first-order valence-corrected chi connectivity index (χ1v) is 8.22. The number of aryl methyl sites for hydroxylation is 1. The molecular weight excluding hydrogens is 431 g/mol. The third-order valence-corrected chi connectivity index (χ3v) is 3.57. The van der Waals surface area contributed by atoms with E-state index in [1.807, 2.05) is 19.2 Å². The molecule has 1 aromatic carbocycles. The third kappa shape index (κ3) is 7.29. The summed E-state index contributed by atoms with van der Waals surface area (Å²) in [5.74, 6) is 2.48. The lowest BCUT2D eigenvalue weighted by molar-refractivity contribution is 0.309. The minimum Gasteiger partial charge on any atom is -0.494 e. The summed E-state index contributed by atoms with van der Waals surface area (Å²) in [4.78, 5) is 8.40. The molecule has 2 N–H and O–H groups in total. The van der Waals surface area contributed by atoms with E-state index in [2.05, 4.69) is 44.8 Å². The molecule has 0 amide bonds. The zero-order valence-electron chi connectivity index (χ0n) is 15.0. The van der Waals surface area contributed by atoms with Crippen LogP contribution in [0.4, 0.5) is 0 Å². The number of guanidine groups is 1. The van der Waals surface area contributed by atoms with E-state index in [0.717, 1.165) is 42.5 Å². The Bertz CT molecular complexity index is 658. The van der Waals surface area contributed by atoms with Crippen molar-refractivity contribution in [2.45, 2.75) is 32.9 Å². The molecule has 0 aliphatic heterocycles. The lowest BCUT2D eigenvalue weighted by atomic mass is 10.2. The highest BCUT2D eigenvalue weighted by Gasteiger charge is 2.03. The molecule has 0 saturated heterocycles. The number of ether oxygens (including phenoxy) is 1. The summed E-state index contributed by atoms with van der Waals surface area (Å²) in [6.45, 7) is 4.15. The van der Waals surface area contributed by atoms with Gasteiger partial charge in [-0.25, -0.2) is 4.98 Å². The van der Waals surface area contributed by atoms with Crippen molar-refractivity contribution < 1.29 is 4.74 Å². The van der Waals surface area contributed by atoms with Crippen LogP contribution in [0.15, 0.2) is 35.6 Å². The summed E-state index contributed by atoms with van der Waals surface area (Å²) in [6.07, 6.45) is 3.74. The Morgan fingerprint density at radius 2 is 2.08 bits per heavy atom. The number of unbranched alkanes of at least 4 members (excludes halogenated alkanes) is 1. The summed E-state index contributed by atoms with van der Waals surface area (Å²) in [5, 5.41) is 10.6. The number of benzene rings is 1. The van der Waals surface area contributed by atoms with Gasteiger partial charge < -0.3 is 15.4 Å². The predicted octanol–water partition coefficient (Wildman–Crippen LogP) is 2.48. The molecule has 8 heteroatoms. The van der Waals surface area contributed by atoms with E-state index >= 15 is 0 Å². The SMILES string of the molecule is CCCCOc1cccc(CNC(=NC)NCc2ncnn2C)c1.I. The normalized spacial score (nSPS) is 10.9. The van der Waals surface area contributed by atoms with Crippen LogP contribution in [0.2, 0.25) is 0 Å². The van der Waals surface area contributed by atoms with Crippen molar-refractivity contribution in [3.8, 4) is 5.75 Å². The number of aromatic nitrogens is 3. The van der Waals surface area contributed by atoms with Crippen molar-refractivity contribution in [1.82, 2.24) is 25.4 Å². The van der Waals surface area contributed by atoms with E-state index in [-0.39, 0.29) is 24.0 Å². The first-order chi connectivity index (χ1) is 11.7. The van der Waals surface area contributed by atoms with Gasteiger partial charge in [0.25, 0.3) is 0 Å². The number of rotatable bonds is 8. The average molecular weight is 458 g/mol. The smallest absolute Gasteiger partial charge is 0.191 e. The summed E-state index contributed by atoms with van der Waals surface area (Å²) in [7, 11) is 3.61. The van der Waals surface area contributed by atoms with Gasteiger partial charge in [-0.3, -0.25) is 9.67 Å². The van der Waals surface area contributed by atoms with Gasteiger partial charge in [-0.1, -0.05) is 25.5 Å². The lowest BCUT2D eigenvalue weighted by Gasteiger charge is -2.12. The van der Waals surface area contributed by atoms with E-state index in [0.29, 0.717) is 13.1 Å². The summed E-state index contributed by atoms with van der Waals surface area (Å²) in [6, 6.07) is 8.11. The third-order valence-electron chi connectivity index (χ3n) is 3.57. The van der Waals surface area contributed by atoms with Crippen LogP contribution < -0.4 is 15.4 Å². The standard InChI is InChI=1S/C17H26N6O.HI/c1-4-5-9-24-15-8-6-7-14(10-15)11-19-17(18-2)20-12-16-21-13-22-23(16)3;/h6-8,10,13H,4-5,9,11-12H2,1-3H3,(H2,18,19,20);1H. The molecule has 0 bridgehead atoms. The summed E-state index contributed by atoms with van der Waals surface area (Å²) >= 11 is 0. The van der Waals surface area contributed by atoms with E-state index in [4.69, 9.17) is 4.74 Å². The Morgan fingerprint density at radius 3 is 2.76 bits per heavy atom. The van der Waals surface area contributed by atoms with Crippen LogP contribution in [-0.4, -0.2) is 34.4 Å². The van der Waals surface area contributed by atoms with Crippen LogP contribution in [0.1, 0.15) is 31.2 Å². The molecule has 138 valence electrons. The van der Waals surface area contributed by atoms with E-state index in [9.17, 15) is 0 Å². The zero-order chi connectivity index (χ0) is 17.2. The van der Waals surface area contributed by atoms with E-state index < -0.39 is 0 Å². The molecule has 0 aliphatic carbocycles. The monoisotopic (exact) mass is 458 g/mol. The maximum Gasteiger partial charge on any atom is 0.191 e. The second-order valence-corrected chi connectivity index (χ2v) is 5.43. The molecular formula is C17H27IN6O. The number of nitrogens with one attached hydrogen (secondary N) is 2. The quantitative estimate of drug-likeness (QED) is 0.275. The fourth-order valence-electron chi connectivity index (χ4n) is 2.13. The predicted molar refractivity (Wildman–Crippen MR) is 110 cm³/mol. The second-order valence-electron chi connectivity index (χ2n) is 5.43. The van der Waals surface area contributed by atoms with Crippen molar-refractivity contribution in [3.05, 3.63) is 42.0 Å². The summed E-state index contributed by atoms with van der Waals surface area (Å²) in [5.41, 5.74) is 1.14. The van der Waals surface area contributed by atoms with Crippen LogP contribution in [0.25, 0.3) is 0 Å². The van der Waals surface area contributed by atoms with Gasteiger partial charge in [-0.15, -0.1) is 24.0 Å². The molecule has 7 nitrogen and oxygen atoms in total. The van der Waals surface area contributed by atoms with Crippen molar-refractivity contribution in [2.24, 2.45) is 12.0 Å². The second kappa shape index (κ2) is 11.7. The van der Waals surface area contributed by atoms with Gasteiger partial charge >= 0.3 is 0 Å². The van der Waals surface area contributed by atoms with Gasteiger partial charge in [-0.05, 0) is 24.1 Å². The first-order valence-electron chi connectivity index (χ1n) is 8.22. The van der Waals surface area contributed by atoms with Crippen LogP contribution in [-0.2, 0) is 20.1 Å². The number of aliphatic imine (C=N–C) groups is 1. The molecule has 0 aliphatic rings. The molecule has 25 heavy (non-hydrogen) atoms. The zero-order valence-corrected chi connectivity index (χ0v) is 17.4. The van der Waals surface area contributed by atoms with E-state index in [1.165, 1.54) is 6.33 Å². The molecule has 0 spiro atoms. The number of hydrogen-bond acceptors (Lipinski definition) is 4. The Kier molecular flexibility index (Phi) is 9.90. The fourth-order valence-corrected chi connectivity index (χ4v) is 2.13. The fraction of sp³-hybridized carbons (Fsp3) is 0.471. The maximum absolute atomic E-state index is 5.74. The molecule has 0 radical (unpaired) electrons. The largest absolute Gasteiger partial charge is 0.494 e. The molecule has 1 aromatic heterocycles. The maximum atomic E-state index is 5.74. The highest BCUT2D eigenvalue weighted by Crippen LogP contribution is 2.13. The van der Waals surface area contributed by atoms with Crippen LogP contribution in [0, 0.1) is 0 Å². The topological polar surface area (TPSA) is 76.4 Å². The Labute approximate surface area is 166 Å². The molecule has 2 rings (SSSR count). The summed E-state index contributed by atoms with van der Waals surface area (Å²) < 4.78 is 7.47. The average Bonchev–Trinajstić information content (AvgIpc) is 3.01. The molecule has 1 heterocycles. The minimum atomic E-state index is 0. The minimum absolute atomic E-state index is 0. The van der Waals surface area contributed by atoms with Gasteiger partial charge in [-0.2, -0.15) is 5.10 Å². The van der Waals surface area contributed by atoms with Crippen LogP contribution in [0.3, 0.4) is 0 Å². The Balaban J connectivity index is 0.00000312. The van der Waals surface area contributed by atoms with Crippen molar-refractivity contribution >= 4 is 29.9 Å². The van der Waals surface area contributed by atoms with Gasteiger partial charge in [0, 0.05) is 20.6 Å². The number of hydrogen-bond donors (Lipinski definition) is 2. The lowest BCUT2D eigenvalue weighted by Crippen LogP contribution is -2.36. The molecule has 0 fully saturated rings.